The van der Waals surface area contributed by atoms with Crippen molar-refractivity contribution in [2.75, 3.05) is 6.54 Å². The summed E-state index contributed by atoms with van der Waals surface area (Å²) in [6.45, 7) is 0.313. The molecule has 0 radical (unpaired) electrons. The van der Waals surface area contributed by atoms with Crippen molar-refractivity contribution in [3.63, 3.8) is 0 Å². The van der Waals surface area contributed by atoms with Crippen LogP contribution < -0.4 is 16.0 Å². The van der Waals surface area contributed by atoms with Gasteiger partial charge in [-0.25, -0.2) is 4.98 Å². The van der Waals surface area contributed by atoms with Gasteiger partial charge in [-0.3, -0.25) is 4.79 Å². The molecule has 1 aromatic carbocycles. The number of nitrogens with two attached hydrogens (primary N) is 1. The van der Waals surface area contributed by atoms with Crippen LogP contribution in [0.2, 0.25) is 0 Å². The van der Waals surface area contributed by atoms with Crippen LogP contribution in [-0.2, 0) is 6.42 Å². The molecule has 0 saturated carbocycles. The second-order valence-corrected chi connectivity index (χ2v) is 4.20. The van der Waals surface area contributed by atoms with Crippen LogP contribution >= 0.6 is 0 Å². The molecule has 21 heavy (non-hydrogen) atoms. The van der Waals surface area contributed by atoms with Gasteiger partial charge in [0.05, 0.1) is 0 Å². The lowest BCUT2D eigenvalue weighted by molar-refractivity contribution is -0.274. The summed E-state index contributed by atoms with van der Waals surface area (Å²) in [5.74, 6) is -0.217. The van der Waals surface area contributed by atoms with E-state index in [2.05, 4.69) is 14.7 Å². The Morgan fingerprint density at radius 1 is 1.29 bits per heavy atom. The average Bonchev–Trinajstić information content (AvgIpc) is 2.36. The lowest BCUT2D eigenvalue weighted by Crippen LogP contribution is -2.17. The summed E-state index contributed by atoms with van der Waals surface area (Å²) < 4.78 is 40.4. The van der Waals surface area contributed by atoms with Crippen molar-refractivity contribution in [1.29, 1.82) is 0 Å². The quantitative estimate of drug-likeness (QED) is 0.902. The van der Waals surface area contributed by atoms with Crippen LogP contribution in [0.1, 0.15) is 5.69 Å². The zero-order valence-electron chi connectivity index (χ0n) is 10.8. The zero-order valence-corrected chi connectivity index (χ0v) is 10.8. The molecule has 0 saturated heterocycles. The second kappa shape index (κ2) is 5.96. The molecule has 2 rings (SSSR count). The molecule has 0 bridgehead atoms. The highest BCUT2D eigenvalue weighted by molar-refractivity contribution is 5.57. The van der Waals surface area contributed by atoms with Crippen LogP contribution in [0.3, 0.4) is 0 Å². The molecule has 0 aliphatic heterocycles. The number of hydrogen-bond donors (Lipinski definition) is 2. The van der Waals surface area contributed by atoms with Gasteiger partial charge in [0.25, 0.3) is 5.56 Å². The number of benzene rings is 1. The number of hydrogen-bond acceptors (Lipinski definition) is 4. The van der Waals surface area contributed by atoms with E-state index >= 15 is 0 Å². The van der Waals surface area contributed by atoms with Crippen LogP contribution in [-0.4, -0.2) is 22.9 Å². The Morgan fingerprint density at radius 3 is 2.71 bits per heavy atom. The van der Waals surface area contributed by atoms with E-state index in [0.29, 0.717) is 24.2 Å². The van der Waals surface area contributed by atoms with Crippen LogP contribution in [0, 0.1) is 0 Å². The fourth-order valence-electron chi connectivity index (χ4n) is 1.76. The summed E-state index contributed by atoms with van der Waals surface area (Å²) in [4.78, 5) is 18.2. The number of nitrogens with one attached hydrogen (secondary N) is 1. The first-order valence-corrected chi connectivity index (χ1v) is 6.04. The molecule has 3 N–H and O–H groups in total. The predicted molar refractivity (Wildman–Crippen MR) is 69.7 cm³/mol. The van der Waals surface area contributed by atoms with E-state index in [9.17, 15) is 18.0 Å². The minimum atomic E-state index is -4.78. The van der Waals surface area contributed by atoms with Crippen LogP contribution in [0.5, 0.6) is 5.75 Å². The van der Waals surface area contributed by atoms with E-state index in [-0.39, 0.29) is 11.6 Å². The van der Waals surface area contributed by atoms with Gasteiger partial charge >= 0.3 is 6.36 Å². The molecule has 0 atom stereocenters. The van der Waals surface area contributed by atoms with Gasteiger partial charge in [-0.05, 0) is 18.7 Å². The Balaban J connectivity index is 2.38. The van der Waals surface area contributed by atoms with Gasteiger partial charge in [0.2, 0.25) is 0 Å². The van der Waals surface area contributed by atoms with Crippen LogP contribution in [0.4, 0.5) is 13.2 Å². The fraction of sp³-hybridized carbons (Fsp3) is 0.231. The Morgan fingerprint density at radius 2 is 2.05 bits per heavy atom. The fourth-order valence-corrected chi connectivity index (χ4v) is 1.76. The summed E-state index contributed by atoms with van der Waals surface area (Å²) in [6, 6.07) is 6.52. The third-order valence-corrected chi connectivity index (χ3v) is 2.54. The lowest BCUT2D eigenvalue weighted by Gasteiger charge is -2.10. The van der Waals surface area contributed by atoms with Crippen molar-refractivity contribution in [3.05, 3.63) is 46.4 Å². The molecule has 0 aliphatic rings. The van der Waals surface area contributed by atoms with Crippen LogP contribution in [0.15, 0.2) is 35.1 Å². The van der Waals surface area contributed by atoms with Gasteiger partial charge in [-0.15, -0.1) is 13.2 Å². The molecule has 0 aliphatic carbocycles. The molecule has 5 nitrogen and oxygen atoms in total. The van der Waals surface area contributed by atoms with E-state index in [1.807, 2.05) is 0 Å². The maximum absolute atomic E-state index is 12.2. The van der Waals surface area contributed by atoms with E-state index in [4.69, 9.17) is 5.73 Å². The minimum absolute atomic E-state index is 0.165. The molecule has 112 valence electrons. The molecular formula is C13H12F3N3O2. The van der Waals surface area contributed by atoms with Gasteiger partial charge < -0.3 is 15.5 Å². The van der Waals surface area contributed by atoms with Crippen molar-refractivity contribution in [2.24, 2.45) is 5.73 Å². The number of aromatic nitrogens is 2. The maximum Gasteiger partial charge on any atom is 0.573 e. The van der Waals surface area contributed by atoms with Gasteiger partial charge in [0, 0.05) is 23.7 Å². The second-order valence-electron chi connectivity index (χ2n) is 4.20. The van der Waals surface area contributed by atoms with Gasteiger partial charge in [0.1, 0.15) is 11.6 Å². The first kappa shape index (κ1) is 15.0. The SMILES string of the molecule is NCCc1cc(=O)[nH]c(-c2cccc(OC(F)(F)F)c2)n1. The first-order valence-electron chi connectivity index (χ1n) is 6.04. The summed E-state index contributed by atoms with van der Waals surface area (Å²) in [5.41, 5.74) is 5.78. The van der Waals surface area contributed by atoms with E-state index in [1.165, 1.54) is 24.3 Å². The predicted octanol–water partition coefficient (Wildman–Crippen LogP) is 1.84. The summed E-state index contributed by atoms with van der Waals surface area (Å²) in [6.07, 6.45) is -4.38. The van der Waals surface area contributed by atoms with Gasteiger partial charge in [-0.1, -0.05) is 12.1 Å². The van der Waals surface area contributed by atoms with E-state index in [0.717, 1.165) is 6.07 Å². The molecule has 0 unspecified atom stereocenters. The van der Waals surface area contributed by atoms with Gasteiger partial charge in [-0.2, -0.15) is 0 Å². The molecule has 0 spiro atoms. The number of alkyl halides is 3. The summed E-state index contributed by atoms with van der Waals surface area (Å²) >= 11 is 0. The average molecular weight is 299 g/mol. The maximum atomic E-state index is 12.2. The molecule has 1 heterocycles. The summed E-state index contributed by atoms with van der Waals surface area (Å²) in [7, 11) is 0. The van der Waals surface area contributed by atoms with E-state index < -0.39 is 11.9 Å². The summed E-state index contributed by atoms with van der Waals surface area (Å²) in [5, 5.41) is 0. The molecule has 1 aromatic heterocycles. The Kier molecular flexibility index (Phi) is 4.27. The molecule has 2 aromatic rings. The highest BCUT2D eigenvalue weighted by Crippen LogP contribution is 2.26. The topological polar surface area (TPSA) is 81.0 Å². The van der Waals surface area contributed by atoms with Crippen molar-refractivity contribution in [1.82, 2.24) is 9.97 Å². The Hall–Kier alpha value is -2.35. The largest absolute Gasteiger partial charge is 0.573 e. The monoisotopic (exact) mass is 299 g/mol. The normalized spacial score (nSPS) is 11.4. The first-order chi connectivity index (χ1) is 9.87. The Labute approximate surface area is 117 Å². The molecule has 8 heteroatoms. The Bertz CT molecular complexity index is 683. The third-order valence-electron chi connectivity index (χ3n) is 2.54. The highest BCUT2D eigenvalue weighted by Gasteiger charge is 2.31. The number of nitrogens with zero attached hydrogens (tertiary/aromatic N) is 1. The minimum Gasteiger partial charge on any atom is -0.406 e. The van der Waals surface area contributed by atoms with E-state index in [1.54, 1.807) is 0 Å². The smallest absolute Gasteiger partial charge is 0.406 e. The third kappa shape index (κ3) is 4.32. The van der Waals surface area contributed by atoms with Crippen molar-refractivity contribution < 1.29 is 17.9 Å². The molecule has 0 amide bonds. The van der Waals surface area contributed by atoms with Crippen molar-refractivity contribution >= 4 is 0 Å². The zero-order chi connectivity index (χ0) is 15.5. The number of H-pyrrole nitrogens is 1. The van der Waals surface area contributed by atoms with Crippen molar-refractivity contribution in [2.45, 2.75) is 12.8 Å². The van der Waals surface area contributed by atoms with Crippen molar-refractivity contribution in [3.8, 4) is 17.1 Å². The number of aromatic amines is 1. The van der Waals surface area contributed by atoms with Crippen LogP contribution in [0.25, 0.3) is 11.4 Å². The van der Waals surface area contributed by atoms with Gasteiger partial charge in [0.15, 0.2) is 0 Å². The highest BCUT2D eigenvalue weighted by atomic mass is 19.4. The molecule has 0 fully saturated rings. The number of halogens is 3. The standard InChI is InChI=1S/C13H12F3N3O2/c14-13(15,16)21-10-3-1-2-8(6-10)12-18-9(4-5-17)7-11(20)19-12/h1-3,6-7H,4-5,17H2,(H,18,19,20). The molecular weight excluding hydrogens is 287 g/mol. The number of ether oxygens (including phenoxy) is 1. The lowest BCUT2D eigenvalue weighted by atomic mass is 10.2. The number of rotatable bonds is 4.